The van der Waals surface area contributed by atoms with E-state index in [9.17, 15) is 5.11 Å². The van der Waals surface area contributed by atoms with Gasteiger partial charge in [0.2, 0.25) is 0 Å². The van der Waals surface area contributed by atoms with Crippen molar-refractivity contribution in [3.05, 3.63) is 125 Å². The van der Waals surface area contributed by atoms with Crippen LogP contribution in [0.1, 0.15) is 68.5 Å². The predicted molar refractivity (Wildman–Crippen MR) is 186 cm³/mol. The minimum Gasteiger partial charge on any atom is -0.491 e. The van der Waals surface area contributed by atoms with E-state index in [0.29, 0.717) is 19.0 Å². The van der Waals surface area contributed by atoms with Crippen molar-refractivity contribution in [3.63, 3.8) is 0 Å². The Hall–Kier alpha value is -3.88. The molecule has 2 fully saturated rings. The first kappa shape index (κ1) is 34.0. The van der Waals surface area contributed by atoms with E-state index in [1.807, 2.05) is 43.3 Å². The Kier molecular flexibility index (Phi) is 10.4. The standard InChI is InChI=1S/C41H48O7/c1-28(29-6-8-30(9-7-29)40(2,3)31-12-18-36(19-13-31)45-24-38-26-47-38)43-22-34(42)23-44-35-16-10-32(11-17-35)41(4,5)33-14-20-37(21-15-33)46-25-39-27-48-39/h6-21,28,34,38-39,42H,22-27H2,1-5H3. The highest BCUT2D eigenvalue weighted by Gasteiger charge is 2.26. The number of aliphatic hydroxyl groups is 1. The van der Waals surface area contributed by atoms with E-state index >= 15 is 0 Å². The zero-order valence-electron chi connectivity index (χ0n) is 28.7. The Bertz CT molecular complexity index is 1590. The monoisotopic (exact) mass is 652 g/mol. The molecule has 2 heterocycles. The second-order valence-corrected chi connectivity index (χ2v) is 13.9. The van der Waals surface area contributed by atoms with Crippen LogP contribution in [0.2, 0.25) is 0 Å². The van der Waals surface area contributed by atoms with E-state index in [1.165, 1.54) is 22.3 Å². The molecule has 2 saturated heterocycles. The van der Waals surface area contributed by atoms with Gasteiger partial charge in [0.1, 0.15) is 55.4 Å². The SMILES string of the molecule is CC(OCC(O)COc1ccc(C(C)(C)c2ccc(OCC3CO3)cc2)cc1)c1ccc(C(C)(C)c2ccc(OCC3CO3)cc2)cc1. The number of ether oxygens (including phenoxy) is 6. The Morgan fingerprint density at radius 1 is 0.583 bits per heavy atom. The molecular weight excluding hydrogens is 604 g/mol. The smallest absolute Gasteiger partial charge is 0.119 e. The molecule has 48 heavy (non-hydrogen) atoms. The first-order valence-electron chi connectivity index (χ1n) is 16.9. The van der Waals surface area contributed by atoms with E-state index in [-0.39, 0.29) is 42.4 Å². The molecule has 4 atom stereocenters. The lowest BCUT2D eigenvalue weighted by atomic mass is 9.78. The van der Waals surface area contributed by atoms with Crippen molar-refractivity contribution < 1.29 is 33.5 Å². The first-order chi connectivity index (χ1) is 23.1. The summed E-state index contributed by atoms with van der Waals surface area (Å²) in [5, 5.41) is 10.6. The molecular formula is C41H48O7. The lowest BCUT2D eigenvalue weighted by molar-refractivity contribution is -0.0193. The molecule has 7 heteroatoms. The van der Waals surface area contributed by atoms with E-state index in [2.05, 4.69) is 88.4 Å². The fourth-order valence-electron chi connectivity index (χ4n) is 5.71. The molecule has 4 unspecified atom stereocenters. The van der Waals surface area contributed by atoms with Gasteiger partial charge in [-0.25, -0.2) is 0 Å². The third kappa shape index (κ3) is 8.77. The van der Waals surface area contributed by atoms with Crippen LogP contribution in [0, 0.1) is 0 Å². The van der Waals surface area contributed by atoms with Crippen LogP contribution in [0.25, 0.3) is 0 Å². The Labute approximate surface area is 284 Å². The van der Waals surface area contributed by atoms with Gasteiger partial charge in [-0.15, -0.1) is 0 Å². The van der Waals surface area contributed by atoms with Gasteiger partial charge in [-0.3, -0.25) is 0 Å². The van der Waals surface area contributed by atoms with Crippen molar-refractivity contribution in [3.8, 4) is 17.2 Å². The fourth-order valence-corrected chi connectivity index (χ4v) is 5.71. The molecule has 0 bridgehead atoms. The molecule has 2 aliphatic heterocycles. The van der Waals surface area contributed by atoms with Crippen molar-refractivity contribution in [2.45, 2.75) is 69.9 Å². The van der Waals surface area contributed by atoms with Gasteiger partial charge < -0.3 is 33.5 Å². The lowest BCUT2D eigenvalue weighted by Crippen LogP contribution is -2.24. The number of benzene rings is 4. The summed E-state index contributed by atoms with van der Waals surface area (Å²) in [6.45, 7) is 14.0. The number of hydrogen-bond acceptors (Lipinski definition) is 7. The van der Waals surface area contributed by atoms with Crippen LogP contribution in [-0.2, 0) is 25.0 Å². The number of hydrogen-bond donors (Lipinski definition) is 1. The van der Waals surface area contributed by atoms with Gasteiger partial charge in [0.25, 0.3) is 0 Å². The summed E-state index contributed by atoms with van der Waals surface area (Å²) in [4.78, 5) is 0. The van der Waals surface area contributed by atoms with Crippen molar-refractivity contribution >= 4 is 0 Å². The molecule has 1 N–H and O–H groups in total. The molecule has 0 spiro atoms. The van der Waals surface area contributed by atoms with Crippen LogP contribution in [0.4, 0.5) is 0 Å². The van der Waals surface area contributed by atoms with Gasteiger partial charge in [0.05, 0.1) is 25.9 Å². The van der Waals surface area contributed by atoms with Gasteiger partial charge in [0, 0.05) is 10.8 Å². The van der Waals surface area contributed by atoms with E-state index in [1.54, 1.807) is 0 Å². The van der Waals surface area contributed by atoms with Crippen molar-refractivity contribution in [1.29, 1.82) is 0 Å². The molecule has 7 nitrogen and oxygen atoms in total. The third-order valence-corrected chi connectivity index (χ3v) is 9.49. The lowest BCUT2D eigenvalue weighted by Gasteiger charge is -2.27. The molecule has 0 amide bonds. The van der Waals surface area contributed by atoms with Gasteiger partial charge in [-0.05, 0) is 71.1 Å². The normalized spacial score (nSPS) is 18.5. The Morgan fingerprint density at radius 2 is 0.938 bits per heavy atom. The highest BCUT2D eigenvalue weighted by Crippen LogP contribution is 2.35. The van der Waals surface area contributed by atoms with Gasteiger partial charge in [-0.1, -0.05) is 88.4 Å². The molecule has 254 valence electrons. The summed E-state index contributed by atoms with van der Waals surface area (Å²) in [6, 6.07) is 33.2. The largest absolute Gasteiger partial charge is 0.491 e. The molecule has 4 aromatic rings. The topological polar surface area (TPSA) is 82.2 Å². The minimum absolute atomic E-state index is 0.147. The fraction of sp³-hybridized carbons (Fsp3) is 0.415. The quantitative estimate of drug-likeness (QED) is 0.119. The van der Waals surface area contributed by atoms with Gasteiger partial charge in [0.15, 0.2) is 0 Å². The molecule has 6 rings (SSSR count). The number of aliphatic hydroxyl groups excluding tert-OH is 1. The van der Waals surface area contributed by atoms with E-state index < -0.39 is 6.10 Å². The van der Waals surface area contributed by atoms with E-state index in [0.717, 1.165) is 30.3 Å². The number of epoxide rings is 2. The van der Waals surface area contributed by atoms with Gasteiger partial charge in [-0.2, -0.15) is 0 Å². The Balaban J connectivity index is 0.946. The summed E-state index contributed by atoms with van der Waals surface area (Å²) in [6.07, 6.45) is -0.435. The first-order valence-corrected chi connectivity index (χ1v) is 16.9. The zero-order chi connectivity index (χ0) is 33.7. The minimum atomic E-state index is -0.752. The van der Waals surface area contributed by atoms with Crippen LogP contribution in [-0.4, -0.2) is 63.1 Å². The zero-order valence-corrected chi connectivity index (χ0v) is 28.7. The maximum absolute atomic E-state index is 10.6. The van der Waals surface area contributed by atoms with Crippen LogP contribution >= 0.6 is 0 Å². The van der Waals surface area contributed by atoms with E-state index in [4.69, 9.17) is 28.4 Å². The maximum Gasteiger partial charge on any atom is 0.119 e. The van der Waals surface area contributed by atoms with Crippen molar-refractivity contribution in [2.75, 3.05) is 39.6 Å². The van der Waals surface area contributed by atoms with Gasteiger partial charge >= 0.3 is 0 Å². The summed E-state index contributed by atoms with van der Waals surface area (Å²) in [5.74, 6) is 2.43. The summed E-state index contributed by atoms with van der Waals surface area (Å²) in [5.41, 5.74) is 5.49. The average molecular weight is 653 g/mol. The average Bonchev–Trinajstić information content (AvgIpc) is 4.05. The molecule has 0 aliphatic carbocycles. The molecule has 0 saturated carbocycles. The summed E-state index contributed by atoms with van der Waals surface area (Å²) < 4.78 is 34.0. The second-order valence-electron chi connectivity index (χ2n) is 13.9. The van der Waals surface area contributed by atoms with Crippen LogP contribution in [0.3, 0.4) is 0 Å². The summed E-state index contributed by atoms with van der Waals surface area (Å²) in [7, 11) is 0. The molecule has 0 radical (unpaired) electrons. The van der Waals surface area contributed by atoms with Crippen molar-refractivity contribution in [1.82, 2.24) is 0 Å². The second kappa shape index (κ2) is 14.7. The van der Waals surface area contributed by atoms with Crippen LogP contribution in [0.15, 0.2) is 97.1 Å². The summed E-state index contributed by atoms with van der Waals surface area (Å²) >= 11 is 0. The van der Waals surface area contributed by atoms with Crippen LogP contribution < -0.4 is 14.2 Å². The third-order valence-electron chi connectivity index (χ3n) is 9.49. The maximum atomic E-state index is 10.6. The Morgan fingerprint density at radius 3 is 1.31 bits per heavy atom. The molecule has 4 aromatic carbocycles. The molecule has 2 aliphatic rings. The number of rotatable bonds is 17. The molecule has 0 aromatic heterocycles. The van der Waals surface area contributed by atoms with Crippen LogP contribution in [0.5, 0.6) is 17.2 Å². The predicted octanol–water partition coefficient (Wildman–Crippen LogP) is 7.41. The van der Waals surface area contributed by atoms with Crippen molar-refractivity contribution in [2.24, 2.45) is 0 Å². The highest BCUT2D eigenvalue weighted by atomic mass is 16.6. The highest BCUT2D eigenvalue weighted by molar-refractivity contribution is 5.43.